The maximum Gasteiger partial charge on any atom is 0.294 e. The van der Waals surface area contributed by atoms with Crippen LogP contribution in [0.5, 0.6) is 5.75 Å². The van der Waals surface area contributed by atoms with E-state index in [4.69, 9.17) is 5.14 Å². The van der Waals surface area contributed by atoms with Crippen molar-refractivity contribution in [1.29, 1.82) is 0 Å². The van der Waals surface area contributed by atoms with Crippen molar-refractivity contribution in [2.75, 3.05) is 4.90 Å². The summed E-state index contributed by atoms with van der Waals surface area (Å²) < 4.78 is 23.2. The smallest absolute Gasteiger partial charge is 0.294 e. The quantitative estimate of drug-likeness (QED) is 0.479. The van der Waals surface area contributed by atoms with Gasteiger partial charge in [0.25, 0.3) is 5.69 Å². The Morgan fingerprint density at radius 2 is 1.79 bits per heavy atom. The number of nitro benzene ring substituents is 1. The van der Waals surface area contributed by atoms with E-state index in [1.54, 1.807) is 42.6 Å². The van der Waals surface area contributed by atoms with Crippen molar-refractivity contribution >= 4 is 27.1 Å². The molecule has 0 aliphatic rings. The van der Waals surface area contributed by atoms with Crippen LogP contribution < -0.4 is 10.0 Å². The largest absolute Gasteiger partial charge is 0.506 e. The molecule has 0 saturated heterocycles. The maximum absolute atomic E-state index is 11.6. The van der Waals surface area contributed by atoms with E-state index in [9.17, 15) is 23.6 Å². The lowest BCUT2D eigenvalue weighted by Crippen LogP contribution is -2.19. The van der Waals surface area contributed by atoms with Gasteiger partial charge >= 0.3 is 0 Å². The zero-order valence-electron chi connectivity index (χ0n) is 14.5. The van der Waals surface area contributed by atoms with Crippen LogP contribution in [0.2, 0.25) is 0 Å². The number of aromatic nitrogens is 1. The summed E-state index contributed by atoms with van der Waals surface area (Å²) in [5, 5.41) is 27.0. The lowest BCUT2D eigenvalue weighted by molar-refractivity contribution is -0.384. The van der Waals surface area contributed by atoms with E-state index in [2.05, 4.69) is 4.98 Å². The van der Waals surface area contributed by atoms with Crippen molar-refractivity contribution in [1.82, 2.24) is 4.98 Å². The van der Waals surface area contributed by atoms with Gasteiger partial charge in [0.2, 0.25) is 10.0 Å². The van der Waals surface area contributed by atoms with Crippen LogP contribution in [0.3, 0.4) is 0 Å². The summed E-state index contributed by atoms with van der Waals surface area (Å²) in [5.74, 6) is -0.0942. The molecule has 0 fully saturated rings. The number of phenols is 1. The Morgan fingerprint density at radius 3 is 2.39 bits per heavy atom. The number of nitro groups is 1. The van der Waals surface area contributed by atoms with E-state index in [0.29, 0.717) is 11.4 Å². The SMILES string of the molecule is NS(=O)(=O)c1ccc(N(Cc2ccccn2)c2ccccc2O)c([N+](=O)[O-])c1. The minimum Gasteiger partial charge on any atom is -0.506 e. The third-order valence-corrected chi connectivity index (χ3v) is 4.89. The molecule has 1 heterocycles. The van der Waals surface area contributed by atoms with Gasteiger partial charge < -0.3 is 10.0 Å². The molecule has 0 unspecified atom stereocenters. The normalized spacial score (nSPS) is 11.2. The van der Waals surface area contributed by atoms with Crippen LogP contribution in [0.25, 0.3) is 0 Å². The van der Waals surface area contributed by atoms with Crippen molar-refractivity contribution in [3.8, 4) is 5.75 Å². The minimum atomic E-state index is -4.12. The fourth-order valence-corrected chi connectivity index (χ4v) is 3.23. The summed E-state index contributed by atoms with van der Waals surface area (Å²) in [6, 6.07) is 14.9. The van der Waals surface area contributed by atoms with Gasteiger partial charge in [-0.05, 0) is 36.4 Å². The molecule has 0 radical (unpaired) electrons. The molecule has 3 rings (SSSR count). The molecule has 0 atom stereocenters. The molecule has 0 spiro atoms. The van der Waals surface area contributed by atoms with Gasteiger partial charge in [-0.3, -0.25) is 15.1 Å². The lowest BCUT2D eigenvalue weighted by Gasteiger charge is -2.25. The van der Waals surface area contributed by atoms with Gasteiger partial charge in [0.1, 0.15) is 11.4 Å². The average molecular weight is 400 g/mol. The van der Waals surface area contributed by atoms with E-state index in [1.165, 1.54) is 23.1 Å². The molecule has 0 bridgehead atoms. The number of hydrogen-bond donors (Lipinski definition) is 2. The molecular weight excluding hydrogens is 384 g/mol. The molecule has 3 N–H and O–H groups in total. The highest BCUT2D eigenvalue weighted by Crippen LogP contribution is 2.39. The molecule has 3 aromatic rings. The Hall–Kier alpha value is -3.50. The number of para-hydroxylation sites is 2. The number of hydrogen-bond acceptors (Lipinski definition) is 7. The predicted molar refractivity (Wildman–Crippen MR) is 103 cm³/mol. The van der Waals surface area contributed by atoms with E-state index >= 15 is 0 Å². The molecule has 0 amide bonds. The standard InChI is InChI=1S/C18H16N4O5S/c19-28(26,27)14-8-9-15(17(11-14)22(24)25)21(12-13-5-3-4-10-20-13)16-6-1-2-7-18(16)23/h1-11,23H,12H2,(H2,19,26,27). The van der Waals surface area contributed by atoms with E-state index in [1.807, 2.05) is 0 Å². The summed E-state index contributed by atoms with van der Waals surface area (Å²) in [4.78, 5) is 16.3. The second-order valence-electron chi connectivity index (χ2n) is 5.85. The Labute approximate surface area is 160 Å². The molecular formula is C18H16N4O5S. The summed E-state index contributed by atoms with van der Waals surface area (Å²) in [5.41, 5.74) is 0.519. The number of aromatic hydroxyl groups is 1. The fraction of sp³-hybridized carbons (Fsp3) is 0.0556. The topological polar surface area (TPSA) is 140 Å². The molecule has 0 aliphatic heterocycles. The van der Waals surface area contributed by atoms with Gasteiger partial charge in [-0.2, -0.15) is 0 Å². The molecule has 2 aromatic carbocycles. The number of primary sulfonamides is 1. The van der Waals surface area contributed by atoms with Crippen LogP contribution in [0.1, 0.15) is 5.69 Å². The monoisotopic (exact) mass is 400 g/mol. The number of rotatable bonds is 6. The Balaban J connectivity index is 2.20. The second-order valence-corrected chi connectivity index (χ2v) is 7.41. The highest BCUT2D eigenvalue weighted by molar-refractivity contribution is 7.89. The third kappa shape index (κ3) is 4.08. The molecule has 9 nitrogen and oxygen atoms in total. The summed E-state index contributed by atoms with van der Waals surface area (Å²) in [6.45, 7) is 0.105. The molecule has 28 heavy (non-hydrogen) atoms. The van der Waals surface area contributed by atoms with Crippen molar-refractivity contribution in [2.45, 2.75) is 11.4 Å². The van der Waals surface area contributed by atoms with Crippen LogP contribution >= 0.6 is 0 Å². The van der Waals surface area contributed by atoms with Crippen LogP contribution in [-0.4, -0.2) is 23.4 Å². The number of nitrogens with zero attached hydrogens (tertiary/aromatic N) is 3. The van der Waals surface area contributed by atoms with Gasteiger partial charge in [-0.15, -0.1) is 0 Å². The Bertz CT molecular complexity index is 1120. The van der Waals surface area contributed by atoms with Gasteiger partial charge in [-0.1, -0.05) is 18.2 Å². The molecule has 1 aromatic heterocycles. The highest BCUT2D eigenvalue weighted by atomic mass is 32.2. The lowest BCUT2D eigenvalue weighted by atomic mass is 10.2. The fourth-order valence-electron chi connectivity index (χ4n) is 2.70. The van der Waals surface area contributed by atoms with E-state index in [-0.39, 0.29) is 22.9 Å². The number of pyridine rings is 1. The first-order valence-corrected chi connectivity index (χ1v) is 9.58. The van der Waals surface area contributed by atoms with Gasteiger partial charge in [0.05, 0.1) is 27.7 Å². The molecule has 0 saturated carbocycles. The predicted octanol–water partition coefficient (Wildman–Crippen LogP) is 2.68. The zero-order valence-corrected chi connectivity index (χ0v) is 15.3. The Morgan fingerprint density at radius 1 is 1.07 bits per heavy atom. The summed E-state index contributed by atoms with van der Waals surface area (Å²) in [7, 11) is -4.12. The number of phenolic OH excluding ortho intramolecular Hbond substituents is 1. The first kappa shape index (κ1) is 19.3. The van der Waals surface area contributed by atoms with Crippen molar-refractivity contribution in [2.24, 2.45) is 5.14 Å². The van der Waals surface area contributed by atoms with Crippen LogP contribution in [0.15, 0.2) is 71.8 Å². The number of benzene rings is 2. The number of nitrogens with two attached hydrogens (primary N) is 1. The third-order valence-electron chi connectivity index (χ3n) is 3.98. The number of anilines is 2. The molecule has 0 aliphatic carbocycles. The average Bonchev–Trinajstić information content (AvgIpc) is 2.66. The summed E-state index contributed by atoms with van der Waals surface area (Å²) in [6.07, 6.45) is 1.58. The van der Waals surface area contributed by atoms with Gasteiger partial charge in [0, 0.05) is 12.3 Å². The zero-order chi connectivity index (χ0) is 20.3. The van der Waals surface area contributed by atoms with E-state index < -0.39 is 20.6 Å². The maximum atomic E-state index is 11.6. The summed E-state index contributed by atoms with van der Waals surface area (Å²) >= 11 is 0. The van der Waals surface area contributed by atoms with E-state index in [0.717, 1.165) is 6.07 Å². The van der Waals surface area contributed by atoms with Crippen molar-refractivity contribution in [3.05, 3.63) is 82.7 Å². The second kappa shape index (κ2) is 7.62. The molecule has 10 heteroatoms. The first-order valence-electron chi connectivity index (χ1n) is 8.04. The molecule has 144 valence electrons. The first-order chi connectivity index (χ1) is 13.3. The van der Waals surface area contributed by atoms with Crippen LogP contribution in [0, 0.1) is 10.1 Å². The van der Waals surface area contributed by atoms with Gasteiger partial charge in [0.15, 0.2) is 0 Å². The van der Waals surface area contributed by atoms with Crippen LogP contribution in [-0.2, 0) is 16.6 Å². The van der Waals surface area contributed by atoms with Gasteiger partial charge in [-0.25, -0.2) is 13.6 Å². The van der Waals surface area contributed by atoms with Crippen molar-refractivity contribution < 1.29 is 18.4 Å². The highest BCUT2D eigenvalue weighted by Gasteiger charge is 2.25. The number of sulfonamides is 1. The van der Waals surface area contributed by atoms with Crippen molar-refractivity contribution in [3.63, 3.8) is 0 Å². The van der Waals surface area contributed by atoms with Crippen LogP contribution in [0.4, 0.5) is 17.1 Å². The minimum absolute atomic E-state index is 0.0875. The Kier molecular flexibility index (Phi) is 5.25.